The summed E-state index contributed by atoms with van der Waals surface area (Å²) in [4.78, 5) is 12.1. The first-order valence-electron chi connectivity index (χ1n) is 8.18. The van der Waals surface area contributed by atoms with Crippen molar-refractivity contribution in [2.75, 3.05) is 0 Å². The van der Waals surface area contributed by atoms with Crippen molar-refractivity contribution in [3.05, 3.63) is 82.6 Å². The average molecular weight is 335 g/mol. The fourth-order valence-electron chi connectivity index (χ4n) is 2.68. The molecular weight excluding hydrogens is 314 g/mol. The molecule has 0 aliphatic rings. The van der Waals surface area contributed by atoms with Crippen LogP contribution >= 0.6 is 11.3 Å². The lowest BCUT2D eigenvalue weighted by atomic mass is 10.0. The summed E-state index contributed by atoms with van der Waals surface area (Å²) in [5.41, 5.74) is 4.75. The van der Waals surface area contributed by atoms with Gasteiger partial charge in [0.25, 0.3) is 0 Å². The molecular formula is C21H21NOS. The van der Waals surface area contributed by atoms with Crippen LogP contribution in [0.5, 0.6) is 0 Å². The molecule has 24 heavy (non-hydrogen) atoms. The van der Waals surface area contributed by atoms with Gasteiger partial charge in [-0.2, -0.15) is 11.3 Å². The number of thiophene rings is 1. The maximum atomic E-state index is 12.1. The van der Waals surface area contributed by atoms with Crippen LogP contribution in [0.15, 0.2) is 71.4 Å². The summed E-state index contributed by atoms with van der Waals surface area (Å²) in [5.74, 6) is 0.0980. The van der Waals surface area contributed by atoms with E-state index in [0.29, 0.717) is 6.42 Å². The Hall–Kier alpha value is -2.39. The normalized spacial score (nSPS) is 11.9. The van der Waals surface area contributed by atoms with Crippen molar-refractivity contribution >= 4 is 17.2 Å². The highest BCUT2D eigenvalue weighted by Crippen LogP contribution is 2.21. The van der Waals surface area contributed by atoms with Crippen LogP contribution in [-0.4, -0.2) is 5.91 Å². The fourth-order valence-corrected chi connectivity index (χ4v) is 3.39. The molecule has 0 saturated heterocycles. The van der Waals surface area contributed by atoms with E-state index < -0.39 is 0 Å². The topological polar surface area (TPSA) is 29.1 Å². The van der Waals surface area contributed by atoms with Gasteiger partial charge in [-0.1, -0.05) is 54.6 Å². The van der Waals surface area contributed by atoms with Crippen molar-refractivity contribution in [2.45, 2.75) is 25.8 Å². The largest absolute Gasteiger partial charge is 0.350 e. The Morgan fingerprint density at radius 1 is 1.00 bits per heavy atom. The first-order valence-corrected chi connectivity index (χ1v) is 9.12. The molecule has 3 aromatic rings. The summed E-state index contributed by atoms with van der Waals surface area (Å²) in [6.45, 7) is 2.03. The number of carbonyl (C=O) groups excluding carboxylic acids is 1. The van der Waals surface area contributed by atoms with Gasteiger partial charge in [0.05, 0.1) is 6.04 Å². The van der Waals surface area contributed by atoms with Gasteiger partial charge in [0.2, 0.25) is 5.91 Å². The molecule has 1 N–H and O–H groups in total. The van der Waals surface area contributed by atoms with E-state index in [0.717, 1.165) is 12.0 Å². The zero-order valence-corrected chi connectivity index (χ0v) is 14.6. The van der Waals surface area contributed by atoms with Gasteiger partial charge in [0.15, 0.2) is 0 Å². The van der Waals surface area contributed by atoms with Crippen molar-refractivity contribution in [2.24, 2.45) is 0 Å². The number of benzene rings is 2. The van der Waals surface area contributed by atoms with Crippen LogP contribution in [0.25, 0.3) is 11.1 Å². The van der Waals surface area contributed by atoms with Gasteiger partial charge in [-0.15, -0.1) is 0 Å². The minimum Gasteiger partial charge on any atom is -0.350 e. The van der Waals surface area contributed by atoms with E-state index in [1.807, 2.05) is 30.5 Å². The maximum Gasteiger partial charge on any atom is 0.220 e. The van der Waals surface area contributed by atoms with Gasteiger partial charge >= 0.3 is 0 Å². The number of nitrogens with one attached hydrogen (secondary N) is 1. The predicted octanol–water partition coefficient (Wildman–Crippen LogP) is 5.23. The molecule has 3 heteroatoms. The first kappa shape index (κ1) is 16.5. The molecule has 1 aromatic heterocycles. The summed E-state index contributed by atoms with van der Waals surface area (Å²) in [6, 6.07) is 20.8. The molecule has 2 nitrogen and oxygen atoms in total. The van der Waals surface area contributed by atoms with E-state index >= 15 is 0 Å². The van der Waals surface area contributed by atoms with Gasteiger partial charge in [0.1, 0.15) is 0 Å². The second-order valence-electron chi connectivity index (χ2n) is 5.91. The van der Waals surface area contributed by atoms with E-state index in [-0.39, 0.29) is 11.9 Å². The van der Waals surface area contributed by atoms with E-state index in [1.165, 1.54) is 16.7 Å². The summed E-state index contributed by atoms with van der Waals surface area (Å²) in [6.07, 6.45) is 1.33. The van der Waals surface area contributed by atoms with Crippen LogP contribution in [0, 0.1) is 0 Å². The molecule has 122 valence electrons. The van der Waals surface area contributed by atoms with Gasteiger partial charge < -0.3 is 5.32 Å². The Labute approximate surface area is 147 Å². The maximum absolute atomic E-state index is 12.1. The van der Waals surface area contributed by atoms with E-state index in [9.17, 15) is 4.79 Å². The van der Waals surface area contributed by atoms with Crippen molar-refractivity contribution in [1.82, 2.24) is 5.32 Å². The molecule has 0 aliphatic carbocycles. The van der Waals surface area contributed by atoms with Gasteiger partial charge in [-0.05, 0) is 52.4 Å². The molecule has 2 aromatic carbocycles. The Bertz CT molecular complexity index is 763. The molecule has 0 aliphatic heterocycles. The van der Waals surface area contributed by atoms with Crippen molar-refractivity contribution < 1.29 is 4.79 Å². The second-order valence-corrected chi connectivity index (χ2v) is 6.69. The van der Waals surface area contributed by atoms with Crippen LogP contribution in [-0.2, 0) is 11.2 Å². The molecule has 1 heterocycles. The smallest absolute Gasteiger partial charge is 0.220 e. The third-order valence-electron chi connectivity index (χ3n) is 4.12. The Morgan fingerprint density at radius 2 is 1.71 bits per heavy atom. The molecule has 1 amide bonds. The minimum absolute atomic E-state index is 0.0183. The van der Waals surface area contributed by atoms with Crippen molar-refractivity contribution in [3.63, 3.8) is 0 Å². The number of carbonyl (C=O) groups is 1. The Morgan fingerprint density at radius 3 is 2.38 bits per heavy atom. The fraction of sp³-hybridized carbons (Fsp3) is 0.190. The lowest BCUT2D eigenvalue weighted by Crippen LogP contribution is -2.26. The second kappa shape index (κ2) is 7.93. The third-order valence-corrected chi connectivity index (χ3v) is 4.85. The molecule has 1 unspecified atom stereocenters. The molecule has 0 fully saturated rings. The predicted molar refractivity (Wildman–Crippen MR) is 101 cm³/mol. The van der Waals surface area contributed by atoms with E-state index in [4.69, 9.17) is 0 Å². The lowest BCUT2D eigenvalue weighted by Gasteiger charge is -2.15. The quantitative estimate of drug-likeness (QED) is 0.657. The summed E-state index contributed by atoms with van der Waals surface area (Å²) >= 11 is 1.67. The van der Waals surface area contributed by atoms with E-state index in [1.54, 1.807) is 11.3 Å². The molecule has 0 saturated carbocycles. The third kappa shape index (κ3) is 4.33. The highest BCUT2D eigenvalue weighted by Gasteiger charge is 2.10. The molecule has 0 spiro atoms. The zero-order valence-electron chi connectivity index (χ0n) is 13.7. The SMILES string of the molecule is CC(NC(=O)CCc1ccsc1)c1ccc(-c2ccccc2)cc1. The molecule has 1 atom stereocenters. The van der Waals surface area contributed by atoms with Crippen LogP contribution in [0.1, 0.15) is 30.5 Å². The lowest BCUT2D eigenvalue weighted by molar-refractivity contribution is -0.121. The van der Waals surface area contributed by atoms with Crippen LogP contribution in [0.4, 0.5) is 0 Å². The van der Waals surface area contributed by atoms with Crippen molar-refractivity contribution in [3.8, 4) is 11.1 Å². The highest BCUT2D eigenvalue weighted by molar-refractivity contribution is 7.07. The van der Waals surface area contributed by atoms with Crippen LogP contribution < -0.4 is 5.32 Å². The minimum atomic E-state index is 0.0183. The Kier molecular flexibility index (Phi) is 5.44. The van der Waals surface area contributed by atoms with Crippen molar-refractivity contribution in [1.29, 1.82) is 0 Å². The Balaban J connectivity index is 1.56. The molecule has 3 rings (SSSR count). The van der Waals surface area contributed by atoms with Gasteiger partial charge in [-0.3, -0.25) is 4.79 Å². The van der Waals surface area contributed by atoms with E-state index in [2.05, 4.69) is 53.2 Å². The van der Waals surface area contributed by atoms with Gasteiger partial charge in [0, 0.05) is 6.42 Å². The molecule has 0 bridgehead atoms. The number of hydrogen-bond donors (Lipinski definition) is 1. The average Bonchev–Trinajstić information content (AvgIpc) is 3.14. The van der Waals surface area contributed by atoms with Gasteiger partial charge in [-0.25, -0.2) is 0 Å². The molecule has 0 radical (unpaired) electrons. The number of rotatable bonds is 6. The summed E-state index contributed by atoms with van der Waals surface area (Å²) in [5, 5.41) is 7.22. The first-order chi connectivity index (χ1) is 11.7. The number of aryl methyl sites for hydroxylation is 1. The highest BCUT2D eigenvalue weighted by atomic mass is 32.1. The summed E-state index contributed by atoms with van der Waals surface area (Å²) < 4.78 is 0. The van der Waals surface area contributed by atoms with Crippen LogP contribution in [0.2, 0.25) is 0 Å². The number of hydrogen-bond acceptors (Lipinski definition) is 2. The standard InChI is InChI=1S/C21H21NOS/c1-16(22-21(23)12-7-17-13-14-24-15-17)18-8-10-20(11-9-18)19-5-3-2-4-6-19/h2-6,8-11,13-16H,7,12H2,1H3,(H,22,23). The van der Waals surface area contributed by atoms with Crippen LogP contribution in [0.3, 0.4) is 0 Å². The zero-order chi connectivity index (χ0) is 16.8. The monoisotopic (exact) mass is 335 g/mol. The summed E-state index contributed by atoms with van der Waals surface area (Å²) in [7, 11) is 0. The number of amides is 1.